The van der Waals surface area contributed by atoms with Gasteiger partial charge in [-0.3, -0.25) is 0 Å². The fraction of sp³-hybridized carbons (Fsp3) is 0.263. The van der Waals surface area contributed by atoms with Gasteiger partial charge in [-0.1, -0.05) is 31.2 Å². The first-order valence-electron chi connectivity index (χ1n) is 7.99. The largest absolute Gasteiger partial charge is 0.478 e. The number of aliphatic hydroxyl groups excluding tert-OH is 2. The molecule has 0 radical (unpaired) electrons. The molecule has 148 valence electrons. The Morgan fingerprint density at radius 1 is 0.889 bits per heavy atom. The molecule has 2 aromatic rings. The van der Waals surface area contributed by atoms with E-state index in [4.69, 9.17) is 20.4 Å². The maximum atomic E-state index is 10.4. The molecular weight excluding hydrogens is 484 g/mol. The molecule has 8 heteroatoms. The van der Waals surface area contributed by atoms with Crippen LogP contribution < -0.4 is 0 Å². The lowest BCUT2D eigenvalue weighted by Crippen LogP contribution is -2.05. The lowest BCUT2D eigenvalue weighted by molar-refractivity contribution is 0.0685. The summed E-state index contributed by atoms with van der Waals surface area (Å²) >= 11 is 6.23. The summed E-state index contributed by atoms with van der Waals surface area (Å²) in [5, 5.41) is 34.0. The third-order valence-corrected chi connectivity index (χ3v) is 4.53. The van der Waals surface area contributed by atoms with Gasteiger partial charge in [0.1, 0.15) is 0 Å². The van der Waals surface area contributed by atoms with Crippen LogP contribution in [0.25, 0.3) is 0 Å². The van der Waals surface area contributed by atoms with Crippen molar-refractivity contribution in [1.29, 1.82) is 0 Å². The summed E-state index contributed by atoms with van der Waals surface area (Å²) in [5.41, 5.74) is 0.588. The first-order chi connectivity index (χ1) is 12.7. The van der Waals surface area contributed by atoms with Crippen LogP contribution in [-0.4, -0.2) is 45.1 Å². The summed E-state index contributed by atoms with van der Waals surface area (Å²) in [6, 6.07) is 13.4. The number of hydrogen-bond donors (Lipinski definition) is 4. The molecule has 0 fully saturated rings. The number of hydrogen-bond acceptors (Lipinski definition) is 4. The Bertz CT molecular complexity index is 665. The molecule has 0 saturated heterocycles. The van der Waals surface area contributed by atoms with E-state index in [-0.39, 0.29) is 12.7 Å². The Morgan fingerprint density at radius 3 is 1.44 bits per heavy atom. The minimum atomic E-state index is -0.910. The molecular formula is C19H22Br2O6. The van der Waals surface area contributed by atoms with Gasteiger partial charge in [0.25, 0.3) is 0 Å². The number of carboxylic acid groups (broad SMARTS) is 2. The summed E-state index contributed by atoms with van der Waals surface area (Å²) in [5.74, 6) is -1.82. The van der Waals surface area contributed by atoms with Crippen LogP contribution in [0.1, 0.15) is 40.5 Å². The van der Waals surface area contributed by atoms with Crippen molar-refractivity contribution in [2.75, 3.05) is 6.61 Å². The highest BCUT2D eigenvalue weighted by Gasteiger charge is 2.05. The van der Waals surface area contributed by atoms with Crippen LogP contribution in [-0.2, 0) is 0 Å². The van der Waals surface area contributed by atoms with E-state index >= 15 is 0 Å². The van der Waals surface area contributed by atoms with Crippen LogP contribution in [0, 0.1) is 0 Å². The average molecular weight is 506 g/mol. The third-order valence-electron chi connectivity index (χ3n) is 3.14. The number of rotatable bonds is 5. The lowest BCUT2D eigenvalue weighted by atomic mass is 10.2. The van der Waals surface area contributed by atoms with Crippen molar-refractivity contribution in [3.05, 3.63) is 68.6 Å². The fourth-order valence-electron chi connectivity index (χ4n) is 1.62. The Morgan fingerprint density at radius 2 is 1.26 bits per heavy atom. The van der Waals surface area contributed by atoms with E-state index in [0.29, 0.717) is 26.5 Å². The minimum Gasteiger partial charge on any atom is -0.478 e. The standard InChI is InChI=1S/2C7H5BrO2.C5H12O2/c2*8-6-4-2-1-3-5(6)7(9)10;1-2-5(7)3-4-6/h2*1-4H,(H,9,10);5-7H,2-4H2,1H3. The molecule has 0 aromatic heterocycles. The molecule has 0 amide bonds. The van der Waals surface area contributed by atoms with Crippen molar-refractivity contribution in [3.63, 3.8) is 0 Å². The quantitative estimate of drug-likeness (QED) is 0.477. The second-order valence-corrected chi connectivity index (χ2v) is 6.85. The predicted octanol–water partition coefficient (Wildman–Crippen LogP) is 4.43. The second kappa shape index (κ2) is 14.3. The molecule has 0 bridgehead atoms. The highest BCUT2D eigenvalue weighted by atomic mass is 79.9. The van der Waals surface area contributed by atoms with E-state index in [2.05, 4.69) is 31.9 Å². The van der Waals surface area contributed by atoms with Crippen molar-refractivity contribution in [3.8, 4) is 0 Å². The first kappa shape index (κ1) is 25.3. The van der Waals surface area contributed by atoms with Crippen molar-refractivity contribution in [2.24, 2.45) is 0 Å². The number of halogens is 2. The average Bonchev–Trinajstić information content (AvgIpc) is 2.63. The molecule has 6 nitrogen and oxygen atoms in total. The molecule has 0 aliphatic heterocycles. The van der Waals surface area contributed by atoms with Crippen LogP contribution >= 0.6 is 31.9 Å². The molecule has 0 spiro atoms. The molecule has 0 aliphatic rings. The SMILES string of the molecule is CCC(O)CCO.O=C(O)c1ccccc1Br.O=C(O)c1ccccc1Br. The van der Waals surface area contributed by atoms with E-state index < -0.39 is 11.9 Å². The highest BCUT2D eigenvalue weighted by Crippen LogP contribution is 2.15. The fourth-order valence-corrected chi connectivity index (χ4v) is 2.53. The Kier molecular flexibility index (Phi) is 13.4. The normalized spacial score (nSPS) is 10.6. The van der Waals surface area contributed by atoms with E-state index in [1.807, 2.05) is 6.92 Å². The smallest absolute Gasteiger partial charge is 0.336 e. The highest BCUT2D eigenvalue weighted by molar-refractivity contribution is 9.10. The number of aliphatic hydroxyl groups is 2. The molecule has 2 rings (SSSR count). The van der Waals surface area contributed by atoms with Gasteiger partial charge in [0.05, 0.1) is 17.2 Å². The molecule has 0 saturated carbocycles. The van der Waals surface area contributed by atoms with Crippen molar-refractivity contribution in [2.45, 2.75) is 25.9 Å². The van der Waals surface area contributed by atoms with Crippen molar-refractivity contribution in [1.82, 2.24) is 0 Å². The zero-order chi connectivity index (χ0) is 20.8. The number of carbonyl (C=O) groups is 2. The maximum absolute atomic E-state index is 10.4. The zero-order valence-corrected chi connectivity index (χ0v) is 17.9. The van der Waals surface area contributed by atoms with Gasteiger partial charge >= 0.3 is 11.9 Å². The summed E-state index contributed by atoms with van der Waals surface area (Å²) in [7, 11) is 0. The monoisotopic (exact) mass is 504 g/mol. The minimum absolute atomic E-state index is 0.0923. The summed E-state index contributed by atoms with van der Waals surface area (Å²) < 4.78 is 1.23. The van der Waals surface area contributed by atoms with Gasteiger partial charge in [-0.15, -0.1) is 0 Å². The van der Waals surface area contributed by atoms with Crippen LogP contribution in [0.4, 0.5) is 0 Å². The Balaban J connectivity index is 0.000000384. The summed E-state index contributed by atoms with van der Waals surface area (Å²) in [6.45, 7) is 1.98. The summed E-state index contributed by atoms with van der Waals surface area (Å²) in [4.78, 5) is 20.8. The molecule has 27 heavy (non-hydrogen) atoms. The number of aromatic carboxylic acids is 2. The van der Waals surface area contributed by atoms with E-state index in [1.54, 1.807) is 48.5 Å². The zero-order valence-electron chi connectivity index (χ0n) is 14.7. The third kappa shape index (κ3) is 10.9. The molecule has 2 aromatic carbocycles. The first-order valence-corrected chi connectivity index (χ1v) is 9.57. The van der Waals surface area contributed by atoms with Crippen LogP contribution in [0.5, 0.6) is 0 Å². The van der Waals surface area contributed by atoms with Crippen molar-refractivity contribution < 1.29 is 30.0 Å². The topological polar surface area (TPSA) is 115 Å². The second-order valence-electron chi connectivity index (χ2n) is 5.14. The van der Waals surface area contributed by atoms with E-state index in [1.165, 1.54) is 0 Å². The number of carboxylic acids is 2. The molecule has 4 N–H and O–H groups in total. The van der Waals surface area contributed by atoms with Crippen molar-refractivity contribution >= 4 is 43.8 Å². The van der Waals surface area contributed by atoms with Crippen LogP contribution in [0.3, 0.4) is 0 Å². The van der Waals surface area contributed by atoms with Crippen LogP contribution in [0.2, 0.25) is 0 Å². The predicted molar refractivity (Wildman–Crippen MR) is 110 cm³/mol. The van der Waals surface area contributed by atoms with Crippen LogP contribution in [0.15, 0.2) is 57.5 Å². The van der Waals surface area contributed by atoms with E-state index in [0.717, 1.165) is 6.42 Å². The van der Waals surface area contributed by atoms with Gasteiger partial charge in [-0.05, 0) is 69.0 Å². The van der Waals surface area contributed by atoms with Gasteiger partial charge in [-0.2, -0.15) is 0 Å². The Labute approximate surface area is 174 Å². The maximum Gasteiger partial charge on any atom is 0.336 e. The van der Waals surface area contributed by atoms with Gasteiger partial charge in [0.2, 0.25) is 0 Å². The van der Waals surface area contributed by atoms with Gasteiger partial charge in [0, 0.05) is 15.6 Å². The lowest BCUT2D eigenvalue weighted by Gasteiger charge is -2.01. The molecule has 1 atom stereocenters. The van der Waals surface area contributed by atoms with Gasteiger partial charge < -0.3 is 20.4 Å². The van der Waals surface area contributed by atoms with Gasteiger partial charge in [-0.25, -0.2) is 9.59 Å². The van der Waals surface area contributed by atoms with E-state index in [9.17, 15) is 9.59 Å². The molecule has 1 unspecified atom stereocenters. The molecule has 0 aliphatic carbocycles. The number of benzene rings is 2. The molecule has 0 heterocycles. The summed E-state index contributed by atoms with van der Waals surface area (Å²) in [6.07, 6.45) is 0.946. The Hall–Kier alpha value is -1.74. The van der Waals surface area contributed by atoms with Gasteiger partial charge in [0.15, 0.2) is 0 Å².